The standard InChI is InChI=1S/C15H19ClN2O4/c1-21-12-5-4-9(7-10(12)16)8-11(14(17)19)18-15(20)13-3-2-6-22-13/h4-5,7,11,13H,2-3,6,8H2,1H3,(H2,17,19)(H,18,20)/t11-,13+/m1/s1. The number of primary amides is 1. The summed E-state index contributed by atoms with van der Waals surface area (Å²) in [4.78, 5) is 23.6. The number of ether oxygens (including phenoxy) is 2. The van der Waals surface area contributed by atoms with Gasteiger partial charge in [-0.25, -0.2) is 0 Å². The number of amides is 2. The molecule has 1 aromatic rings. The first kappa shape index (κ1) is 16.6. The van der Waals surface area contributed by atoms with E-state index < -0.39 is 18.1 Å². The van der Waals surface area contributed by atoms with Crippen molar-refractivity contribution in [3.05, 3.63) is 28.8 Å². The number of nitrogens with two attached hydrogens (primary N) is 1. The minimum atomic E-state index is -0.804. The minimum Gasteiger partial charge on any atom is -0.495 e. The van der Waals surface area contributed by atoms with Gasteiger partial charge >= 0.3 is 0 Å². The second-order valence-corrected chi connectivity index (χ2v) is 5.55. The van der Waals surface area contributed by atoms with Crippen molar-refractivity contribution < 1.29 is 19.1 Å². The number of nitrogens with one attached hydrogen (secondary N) is 1. The molecule has 7 heteroatoms. The van der Waals surface area contributed by atoms with Crippen LogP contribution in [-0.4, -0.2) is 37.7 Å². The summed E-state index contributed by atoms with van der Waals surface area (Å²) in [5.74, 6) is -0.358. The quantitative estimate of drug-likeness (QED) is 0.817. The highest BCUT2D eigenvalue weighted by atomic mass is 35.5. The molecule has 0 spiro atoms. The van der Waals surface area contributed by atoms with Gasteiger partial charge in [0.05, 0.1) is 12.1 Å². The van der Waals surface area contributed by atoms with E-state index in [1.165, 1.54) is 7.11 Å². The van der Waals surface area contributed by atoms with Gasteiger partial charge < -0.3 is 20.5 Å². The van der Waals surface area contributed by atoms with Crippen LogP contribution in [0.1, 0.15) is 18.4 Å². The van der Waals surface area contributed by atoms with Gasteiger partial charge in [0.1, 0.15) is 17.9 Å². The Morgan fingerprint density at radius 2 is 2.32 bits per heavy atom. The van der Waals surface area contributed by atoms with E-state index in [1.807, 2.05) is 0 Å². The lowest BCUT2D eigenvalue weighted by Crippen LogP contribution is -2.49. The molecule has 0 saturated carbocycles. The first-order chi connectivity index (χ1) is 10.5. The molecule has 2 rings (SSSR count). The number of rotatable bonds is 6. The fourth-order valence-corrected chi connectivity index (χ4v) is 2.62. The van der Waals surface area contributed by atoms with Gasteiger partial charge in [0.2, 0.25) is 11.8 Å². The largest absolute Gasteiger partial charge is 0.495 e. The molecule has 6 nitrogen and oxygen atoms in total. The maximum Gasteiger partial charge on any atom is 0.249 e. The monoisotopic (exact) mass is 326 g/mol. The summed E-state index contributed by atoms with van der Waals surface area (Å²) in [5, 5.41) is 3.08. The van der Waals surface area contributed by atoms with E-state index in [4.69, 9.17) is 26.8 Å². The van der Waals surface area contributed by atoms with E-state index in [0.717, 1.165) is 12.0 Å². The van der Waals surface area contributed by atoms with Crippen molar-refractivity contribution >= 4 is 23.4 Å². The summed E-state index contributed by atoms with van der Waals surface area (Å²) >= 11 is 6.05. The highest BCUT2D eigenvalue weighted by Crippen LogP contribution is 2.25. The summed E-state index contributed by atoms with van der Waals surface area (Å²) in [5.41, 5.74) is 6.15. The Balaban J connectivity index is 2.03. The third-order valence-electron chi connectivity index (χ3n) is 3.54. The Hall–Kier alpha value is -1.79. The van der Waals surface area contributed by atoms with Crippen molar-refractivity contribution in [2.24, 2.45) is 5.73 Å². The number of hydrogen-bond donors (Lipinski definition) is 2. The van der Waals surface area contributed by atoms with Crippen molar-refractivity contribution in [1.29, 1.82) is 0 Å². The molecule has 22 heavy (non-hydrogen) atoms. The van der Waals surface area contributed by atoms with Gasteiger partial charge in [-0.15, -0.1) is 0 Å². The van der Waals surface area contributed by atoms with Crippen LogP contribution >= 0.6 is 11.6 Å². The fraction of sp³-hybridized carbons (Fsp3) is 0.467. The third kappa shape index (κ3) is 4.11. The molecule has 1 heterocycles. The van der Waals surface area contributed by atoms with Gasteiger partial charge in [-0.3, -0.25) is 9.59 Å². The van der Waals surface area contributed by atoms with Crippen LogP contribution in [0.15, 0.2) is 18.2 Å². The van der Waals surface area contributed by atoms with Crippen LogP contribution in [0.25, 0.3) is 0 Å². The van der Waals surface area contributed by atoms with E-state index >= 15 is 0 Å². The number of methoxy groups -OCH3 is 1. The van der Waals surface area contributed by atoms with Crippen molar-refractivity contribution in [2.45, 2.75) is 31.4 Å². The second kappa shape index (κ2) is 7.47. The third-order valence-corrected chi connectivity index (χ3v) is 3.83. The van der Waals surface area contributed by atoms with Gasteiger partial charge in [-0.05, 0) is 30.5 Å². The number of hydrogen-bond acceptors (Lipinski definition) is 4. The molecule has 0 aliphatic carbocycles. The van der Waals surface area contributed by atoms with Gasteiger partial charge in [0.15, 0.2) is 0 Å². The Labute approximate surface area is 133 Å². The van der Waals surface area contributed by atoms with Gasteiger partial charge in [-0.2, -0.15) is 0 Å². The highest BCUT2D eigenvalue weighted by Gasteiger charge is 2.27. The number of halogens is 1. The normalized spacial score (nSPS) is 18.7. The molecule has 1 aliphatic heterocycles. The first-order valence-corrected chi connectivity index (χ1v) is 7.42. The number of carbonyl (C=O) groups excluding carboxylic acids is 2. The molecule has 3 N–H and O–H groups in total. The molecule has 0 aromatic heterocycles. The van der Waals surface area contributed by atoms with Crippen LogP contribution in [0.3, 0.4) is 0 Å². The minimum absolute atomic E-state index is 0.261. The van der Waals surface area contributed by atoms with Gasteiger partial charge in [-0.1, -0.05) is 17.7 Å². The molecule has 2 amide bonds. The molecule has 2 atom stereocenters. The summed E-state index contributed by atoms with van der Waals surface area (Å²) in [7, 11) is 1.52. The van der Waals surface area contributed by atoms with Crippen LogP contribution in [0.5, 0.6) is 5.75 Å². The van der Waals surface area contributed by atoms with Gasteiger partial charge in [0, 0.05) is 13.0 Å². The Bertz CT molecular complexity index is 558. The van der Waals surface area contributed by atoms with Crippen LogP contribution in [0.4, 0.5) is 0 Å². The summed E-state index contributed by atoms with van der Waals surface area (Å²) < 4.78 is 10.4. The second-order valence-electron chi connectivity index (χ2n) is 5.14. The SMILES string of the molecule is COc1ccc(C[C@@H](NC(=O)[C@@H]2CCCO2)C(N)=O)cc1Cl. The Kier molecular flexibility index (Phi) is 5.63. The average Bonchev–Trinajstić information content (AvgIpc) is 3.01. The summed E-state index contributed by atoms with van der Waals surface area (Å²) in [6, 6.07) is 4.37. The highest BCUT2D eigenvalue weighted by molar-refractivity contribution is 6.32. The van der Waals surface area contributed by atoms with Crippen LogP contribution in [0, 0.1) is 0 Å². The predicted molar refractivity (Wildman–Crippen MR) is 81.8 cm³/mol. The molecule has 1 fully saturated rings. The van der Waals surface area contributed by atoms with E-state index in [0.29, 0.717) is 23.8 Å². The topological polar surface area (TPSA) is 90.7 Å². The predicted octanol–water partition coefficient (Wildman–Crippen LogP) is 1.04. The Morgan fingerprint density at radius 3 is 2.86 bits per heavy atom. The molecule has 1 aromatic carbocycles. The maximum absolute atomic E-state index is 12.0. The maximum atomic E-state index is 12.0. The van der Waals surface area contributed by atoms with E-state index in [9.17, 15) is 9.59 Å². The van der Waals surface area contributed by atoms with Crippen LogP contribution in [-0.2, 0) is 20.7 Å². The number of benzene rings is 1. The van der Waals surface area contributed by atoms with Crippen LogP contribution < -0.4 is 15.8 Å². The molecular weight excluding hydrogens is 308 g/mol. The lowest BCUT2D eigenvalue weighted by Gasteiger charge is -2.18. The van der Waals surface area contributed by atoms with Crippen molar-refractivity contribution in [2.75, 3.05) is 13.7 Å². The smallest absolute Gasteiger partial charge is 0.249 e. The zero-order chi connectivity index (χ0) is 16.1. The molecule has 1 saturated heterocycles. The molecule has 1 aliphatic rings. The van der Waals surface area contributed by atoms with Gasteiger partial charge in [0.25, 0.3) is 0 Å². The van der Waals surface area contributed by atoms with E-state index in [2.05, 4.69) is 5.32 Å². The zero-order valence-corrected chi connectivity index (χ0v) is 13.1. The molecule has 120 valence electrons. The Morgan fingerprint density at radius 1 is 1.55 bits per heavy atom. The zero-order valence-electron chi connectivity index (χ0n) is 12.3. The van der Waals surface area contributed by atoms with Crippen LogP contribution in [0.2, 0.25) is 5.02 Å². The van der Waals surface area contributed by atoms with E-state index in [-0.39, 0.29) is 12.3 Å². The average molecular weight is 327 g/mol. The molecular formula is C15H19ClN2O4. The summed E-state index contributed by atoms with van der Waals surface area (Å²) in [6.07, 6.45) is 1.26. The first-order valence-electron chi connectivity index (χ1n) is 7.05. The number of carbonyl (C=O) groups is 2. The van der Waals surface area contributed by atoms with Crippen molar-refractivity contribution in [1.82, 2.24) is 5.32 Å². The lowest BCUT2D eigenvalue weighted by molar-refractivity contribution is -0.133. The summed E-state index contributed by atoms with van der Waals surface area (Å²) in [6.45, 7) is 0.563. The molecule has 0 bridgehead atoms. The van der Waals surface area contributed by atoms with Crippen molar-refractivity contribution in [3.8, 4) is 5.75 Å². The van der Waals surface area contributed by atoms with Crippen molar-refractivity contribution in [3.63, 3.8) is 0 Å². The fourth-order valence-electron chi connectivity index (χ4n) is 2.34. The van der Waals surface area contributed by atoms with E-state index in [1.54, 1.807) is 18.2 Å². The molecule has 0 radical (unpaired) electrons. The lowest BCUT2D eigenvalue weighted by atomic mass is 10.0. The molecule has 0 unspecified atom stereocenters.